The third-order valence-electron chi connectivity index (χ3n) is 2.47. The summed E-state index contributed by atoms with van der Waals surface area (Å²) in [5.74, 6) is 0. The molecule has 0 saturated carbocycles. The third kappa shape index (κ3) is 7.18. The Hall–Kier alpha value is -0.810. The molecule has 2 N–H and O–H groups in total. The van der Waals surface area contributed by atoms with Gasteiger partial charge in [-0.15, -0.1) is 0 Å². The molecule has 5 nitrogen and oxygen atoms in total. The minimum Gasteiger partial charge on any atom is -0.392 e. The predicted octanol–water partition coefficient (Wildman–Crippen LogP) is 1.21. The second kappa shape index (κ2) is 8.31. The van der Waals surface area contributed by atoms with E-state index in [1.165, 1.54) is 0 Å². The number of amides is 2. The fourth-order valence-corrected chi connectivity index (χ4v) is 1.47. The first-order valence-electron chi connectivity index (χ1n) is 6.12. The molecule has 0 spiro atoms. The largest absolute Gasteiger partial charge is 0.392 e. The van der Waals surface area contributed by atoms with Crippen LogP contribution in [0.25, 0.3) is 0 Å². The van der Waals surface area contributed by atoms with Crippen LogP contribution in [0, 0.1) is 0 Å². The Labute approximate surface area is 104 Å². The molecular formula is C12H26N2O3. The molecule has 0 aliphatic rings. The number of hydrogen-bond donors (Lipinski definition) is 2. The first-order chi connectivity index (χ1) is 7.88. The van der Waals surface area contributed by atoms with E-state index in [2.05, 4.69) is 5.32 Å². The Kier molecular flexibility index (Phi) is 7.91. The van der Waals surface area contributed by atoms with Crippen LogP contribution >= 0.6 is 0 Å². The van der Waals surface area contributed by atoms with Crippen LogP contribution in [0.15, 0.2) is 0 Å². The maximum atomic E-state index is 12.0. The van der Waals surface area contributed by atoms with E-state index in [1.54, 1.807) is 18.9 Å². The number of urea groups is 1. The smallest absolute Gasteiger partial charge is 0.317 e. The Morgan fingerprint density at radius 2 is 1.94 bits per heavy atom. The molecule has 17 heavy (non-hydrogen) atoms. The van der Waals surface area contributed by atoms with E-state index in [4.69, 9.17) is 4.74 Å². The SMILES string of the molecule is COCCC(C)NC(=O)N(CC(C)O)C(C)C. The van der Waals surface area contributed by atoms with Crippen molar-refractivity contribution in [3.05, 3.63) is 0 Å². The van der Waals surface area contributed by atoms with Crippen molar-refractivity contribution in [2.24, 2.45) is 0 Å². The van der Waals surface area contributed by atoms with Gasteiger partial charge in [0.05, 0.1) is 6.10 Å². The number of rotatable bonds is 7. The molecule has 0 radical (unpaired) electrons. The number of ether oxygens (including phenoxy) is 1. The van der Waals surface area contributed by atoms with Crippen molar-refractivity contribution >= 4 is 6.03 Å². The average molecular weight is 246 g/mol. The van der Waals surface area contributed by atoms with Crippen molar-refractivity contribution in [2.75, 3.05) is 20.3 Å². The van der Waals surface area contributed by atoms with Crippen molar-refractivity contribution < 1.29 is 14.6 Å². The Morgan fingerprint density at radius 1 is 1.35 bits per heavy atom. The summed E-state index contributed by atoms with van der Waals surface area (Å²) in [6.45, 7) is 8.46. The van der Waals surface area contributed by atoms with Gasteiger partial charge in [-0.25, -0.2) is 4.79 Å². The standard InChI is InChI=1S/C12H26N2O3/c1-9(2)14(8-11(4)15)12(16)13-10(3)6-7-17-5/h9-11,15H,6-8H2,1-5H3,(H,13,16). The molecule has 0 fully saturated rings. The number of aliphatic hydroxyl groups excluding tert-OH is 1. The highest BCUT2D eigenvalue weighted by atomic mass is 16.5. The Morgan fingerprint density at radius 3 is 2.35 bits per heavy atom. The fourth-order valence-electron chi connectivity index (χ4n) is 1.47. The normalized spacial score (nSPS) is 14.5. The molecule has 5 heteroatoms. The summed E-state index contributed by atoms with van der Waals surface area (Å²) in [6, 6.07) is 0.00132. The highest BCUT2D eigenvalue weighted by molar-refractivity contribution is 5.74. The highest BCUT2D eigenvalue weighted by Crippen LogP contribution is 2.02. The number of aliphatic hydroxyl groups is 1. The molecule has 0 rings (SSSR count). The van der Waals surface area contributed by atoms with Crippen LogP contribution in [0.1, 0.15) is 34.1 Å². The lowest BCUT2D eigenvalue weighted by atomic mass is 10.2. The van der Waals surface area contributed by atoms with Crippen molar-refractivity contribution in [3.63, 3.8) is 0 Å². The van der Waals surface area contributed by atoms with Crippen molar-refractivity contribution in [2.45, 2.75) is 52.3 Å². The first kappa shape index (κ1) is 16.2. The van der Waals surface area contributed by atoms with Crippen LogP contribution in [0.5, 0.6) is 0 Å². The van der Waals surface area contributed by atoms with E-state index < -0.39 is 6.10 Å². The molecule has 0 aromatic rings. The van der Waals surface area contributed by atoms with Gasteiger partial charge >= 0.3 is 6.03 Å². The van der Waals surface area contributed by atoms with Crippen LogP contribution in [-0.2, 0) is 4.74 Å². The lowest BCUT2D eigenvalue weighted by molar-refractivity contribution is 0.116. The zero-order valence-corrected chi connectivity index (χ0v) is 11.6. The van der Waals surface area contributed by atoms with Gasteiger partial charge in [-0.1, -0.05) is 0 Å². The lowest BCUT2D eigenvalue weighted by Crippen LogP contribution is -2.49. The Balaban J connectivity index is 4.22. The van der Waals surface area contributed by atoms with E-state index in [0.29, 0.717) is 13.2 Å². The van der Waals surface area contributed by atoms with E-state index >= 15 is 0 Å². The van der Waals surface area contributed by atoms with Crippen LogP contribution < -0.4 is 5.32 Å². The maximum Gasteiger partial charge on any atom is 0.317 e. The quantitative estimate of drug-likeness (QED) is 0.710. The number of carbonyl (C=O) groups excluding carboxylic acids is 1. The average Bonchev–Trinajstić information content (AvgIpc) is 2.22. The van der Waals surface area contributed by atoms with Gasteiger partial charge < -0.3 is 20.1 Å². The van der Waals surface area contributed by atoms with Crippen LogP contribution in [0.3, 0.4) is 0 Å². The van der Waals surface area contributed by atoms with Crippen molar-refractivity contribution in [1.29, 1.82) is 0 Å². The summed E-state index contributed by atoms with van der Waals surface area (Å²) in [7, 11) is 1.64. The van der Waals surface area contributed by atoms with Gasteiger partial charge in [-0.2, -0.15) is 0 Å². The van der Waals surface area contributed by atoms with E-state index in [9.17, 15) is 9.90 Å². The second-order valence-corrected chi connectivity index (χ2v) is 4.73. The molecular weight excluding hydrogens is 220 g/mol. The minimum absolute atomic E-state index is 0.0673. The predicted molar refractivity (Wildman–Crippen MR) is 68.0 cm³/mol. The van der Waals surface area contributed by atoms with Crippen molar-refractivity contribution in [3.8, 4) is 0 Å². The van der Waals surface area contributed by atoms with Crippen LogP contribution in [-0.4, -0.2) is 54.5 Å². The fraction of sp³-hybridized carbons (Fsp3) is 0.917. The maximum absolute atomic E-state index is 12.0. The third-order valence-corrected chi connectivity index (χ3v) is 2.47. The molecule has 0 aliphatic carbocycles. The summed E-state index contributed by atoms with van der Waals surface area (Å²) in [5, 5.41) is 12.3. The summed E-state index contributed by atoms with van der Waals surface area (Å²) in [5.41, 5.74) is 0. The van der Waals surface area contributed by atoms with Gasteiger partial charge in [0.25, 0.3) is 0 Å². The van der Waals surface area contributed by atoms with Gasteiger partial charge in [0, 0.05) is 32.3 Å². The molecule has 0 saturated heterocycles. The van der Waals surface area contributed by atoms with E-state index in [-0.39, 0.29) is 18.1 Å². The van der Waals surface area contributed by atoms with Gasteiger partial charge in [0.1, 0.15) is 0 Å². The van der Waals surface area contributed by atoms with Crippen molar-refractivity contribution in [1.82, 2.24) is 10.2 Å². The van der Waals surface area contributed by atoms with Gasteiger partial charge in [0.2, 0.25) is 0 Å². The van der Waals surface area contributed by atoms with E-state index in [0.717, 1.165) is 6.42 Å². The molecule has 0 bridgehead atoms. The monoisotopic (exact) mass is 246 g/mol. The number of methoxy groups -OCH3 is 1. The van der Waals surface area contributed by atoms with E-state index in [1.807, 2.05) is 20.8 Å². The van der Waals surface area contributed by atoms with Gasteiger partial charge in [0.15, 0.2) is 0 Å². The second-order valence-electron chi connectivity index (χ2n) is 4.73. The Bertz CT molecular complexity index is 220. The molecule has 0 aromatic carbocycles. The minimum atomic E-state index is -0.516. The number of carbonyl (C=O) groups is 1. The van der Waals surface area contributed by atoms with Crippen LogP contribution in [0.2, 0.25) is 0 Å². The molecule has 102 valence electrons. The zero-order chi connectivity index (χ0) is 13.4. The zero-order valence-electron chi connectivity index (χ0n) is 11.6. The number of hydrogen-bond acceptors (Lipinski definition) is 3. The van der Waals surface area contributed by atoms with Gasteiger partial charge in [-0.3, -0.25) is 0 Å². The van der Waals surface area contributed by atoms with Gasteiger partial charge in [-0.05, 0) is 34.1 Å². The number of nitrogens with one attached hydrogen (secondary N) is 1. The van der Waals surface area contributed by atoms with Crippen LogP contribution in [0.4, 0.5) is 4.79 Å². The molecule has 0 aliphatic heterocycles. The molecule has 0 heterocycles. The molecule has 2 amide bonds. The summed E-state index contributed by atoms with van der Waals surface area (Å²) in [6.07, 6.45) is 0.264. The first-order valence-corrected chi connectivity index (χ1v) is 6.12. The summed E-state index contributed by atoms with van der Waals surface area (Å²) < 4.78 is 4.96. The highest BCUT2D eigenvalue weighted by Gasteiger charge is 2.19. The molecule has 2 atom stereocenters. The molecule has 2 unspecified atom stereocenters. The summed E-state index contributed by atoms with van der Waals surface area (Å²) in [4.78, 5) is 13.6. The topological polar surface area (TPSA) is 61.8 Å². The lowest BCUT2D eigenvalue weighted by Gasteiger charge is -2.29. The summed E-state index contributed by atoms with van der Waals surface area (Å²) >= 11 is 0. The number of nitrogens with zero attached hydrogens (tertiary/aromatic N) is 1. The molecule has 0 aromatic heterocycles.